The minimum Gasteiger partial charge on any atom is -0.289 e. The monoisotopic (exact) mass is 387 g/mol. The third kappa shape index (κ3) is 4.72. The molecule has 7 nitrogen and oxygen atoms in total. The van der Waals surface area contributed by atoms with Gasteiger partial charge in [0, 0.05) is 38.9 Å². The summed E-state index contributed by atoms with van der Waals surface area (Å²) in [5.74, 6) is 0.260. The van der Waals surface area contributed by atoms with Gasteiger partial charge in [0.15, 0.2) is 15.5 Å². The van der Waals surface area contributed by atoms with E-state index in [-0.39, 0.29) is 11.5 Å². The number of hydrogen-bond acceptors (Lipinski definition) is 3. The minimum atomic E-state index is -0.626. The summed E-state index contributed by atoms with van der Waals surface area (Å²) < 4.78 is 0. The molecule has 0 saturated carbocycles. The molecule has 0 amide bonds. The Balaban J connectivity index is 2.04. The van der Waals surface area contributed by atoms with Crippen LogP contribution in [0.15, 0.2) is 98.9 Å². The predicted molar refractivity (Wildman–Crippen MR) is 110 cm³/mol. The second kappa shape index (κ2) is 9.30. The van der Waals surface area contributed by atoms with Gasteiger partial charge >= 0.3 is 0 Å². The lowest BCUT2D eigenvalue weighted by Crippen LogP contribution is -2.17. The van der Waals surface area contributed by atoms with Crippen LogP contribution in [-0.4, -0.2) is 11.5 Å². The molecule has 136 valence electrons. The Morgan fingerprint density at radius 2 is 1.32 bits per heavy atom. The van der Waals surface area contributed by atoms with Crippen molar-refractivity contribution in [2.24, 2.45) is 10.2 Å². The van der Waals surface area contributed by atoms with Crippen molar-refractivity contribution in [3.63, 3.8) is 0 Å². The first-order chi connectivity index (χ1) is 13.7. The highest BCUT2D eigenvalue weighted by molar-refractivity contribution is 7.97. The number of carbonyl (C=O) groups is 1. The van der Waals surface area contributed by atoms with Crippen molar-refractivity contribution in [1.29, 1.82) is 0 Å². The van der Waals surface area contributed by atoms with E-state index in [1.807, 2.05) is 30.3 Å². The molecule has 3 rings (SSSR count). The number of rotatable bonds is 7. The van der Waals surface area contributed by atoms with Gasteiger partial charge < -0.3 is 0 Å². The molecule has 0 N–H and O–H groups in total. The molecule has 8 heteroatoms. The molecule has 0 heterocycles. The highest BCUT2D eigenvalue weighted by Gasteiger charge is 2.29. The highest BCUT2D eigenvalue weighted by atomic mass is 32.2. The average molecular weight is 387 g/mol. The summed E-state index contributed by atoms with van der Waals surface area (Å²) in [7, 11) is -0.626. The molecule has 0 unspecified atom stereocenters. The third-order valence-corrected chi connectivity index (χ3v) is 6.09. The van der Waals surface area contributed by atoms with E-state index in [4.69, 9.17) is 11.1 Å². The van der Waals surface area contributed by atoms with Gasteiger partial charge in [-0.3, -0.25) is 4.79 Å². The molecule has 0 spiro atoms. The van der Waals surface area contributed by atoms with Crippen LogP contribution >= 0.6 is 0 Å². The molecule has 0 aliphatic heterocycles. The van der Waals surface area contributed by atoms with Crippen molar-refractivity contribution in [3.8, 4) is 0 Å². The number of nitrogens with zero attached hydrogens (tertiary/aromatic N) is 6. The standard InChI is InChI=1S/C20H15N6OS/c21-25-23-16-8-4-10-18(12-16)28(14-20(27)15-6-2-1-3-7-15)19-11-5-9-17(13-19)24-26-22/h1-13H,14H2/q+1. The fraction of sp³-hybridized carbons (Fsp3) is 0.0500. The summed E-state index contributed by atoms with van der Waals surface area (Å²) in [4.78, 5) is 20.3. The van der Waals surface area contributed by atoms with E-state index in [1.54, 1.807) is 48.5 Å². The molecule has 0 saturated heterocycles. The van der Waals surface area contributed by atoms with Crippen LogP contribution in [0.25, 0.3) is 20.9 Å². The topological polar surface area (TPSA) is 115 Å². The van der Waals surface area contributed by atoms with Crippen LogP contribution in [0, 0.1) is 0 Å². The maximum atomic E-state index is 12.9. The van der Waals surface area contributed by atoms with Gasteiger partial charge in [0.25, 0.3) is 0 Å². The van der Waals surface area contributed by atoms with E-state index < -0.39 is 10.9 Å². The number of ketones is 1. The number of Topliss-reactive ketones (excluding diaryl/α,β-unsaturated/α-hetero) is 1. The van der Waals surface area contributed by atoms with Gasteiger partial charge in [-0.25, -0.2) is 0 Å². The fourth-order valence-corrected chi connectivity index (χ4v) is 4.69. The summed E-state index contributed by atoms with van der Waals surface area (Å²) in [5, 5.41) is 7.32. The van der Waals surface area contributed by atoms with Gasteiger partial charge in [-0.2, -0.15) is 0 Å². The summed E-state index contributed by atoms with van der Waals surface area (Å²) in [6.45, 7) is 0. The molecule has 0 bridgehead atoms. The average Bonchev–Trinajstić information content (AvgIpc) is 2.73. The van der Waals surface area contributed by atoms with Crippen LogP contribution in [0.4, 0.5) is 11.4 Å². The van der Waals surface area contributed by atoms with Gasteiger partial charge in [0.1, 0.15) is 0 Å². The number of benzene rings is 3. The van der Waals surface area contributed by atoms with E-state index in [0.717, 1.165) is 9.79 Å². The minimum absolute atomic E-state index is 0.00677. The van der Waals surface area contributed by atoms with Crippen LogP contribution in [-0.2, 0) is 10.9 Å². The molecular weight excluding hydrogens is 372 g/mol. The van der Waals surface area contributed by atoms with Crippen LogP contribution in [0.2, 0.25) is 0 Å². The molecular formula is C20H15N6OS+. The first-order valence-electron chi connectivity index (χ1n) is 8.31. The van der Waals surface area contributed by atoms with Gasteiger partial charge in [0.05, 0.1) is 10.9 Å². The zero-order chi connectivity index (χ0) is 19.8. The van der Waals surface area contributed by atoms with E-state index in [1.165, 1.54) is 0 Å². The van der Waals surface area contributed by atoms with E-state index in [2.05, 4.69) is 20.1 Å². The first-order valence-corrected chi connectivity index (χ1v) is 9.70. The first kappa shape index (κ1) is 19.1. The zero-order valence-electron chi connectivity index (χ0n) is 14.7. The Hall–Kier alpha value is -3.70. The van der Waals surface area contributed by atoms with E-state index in [0.29, 0.717) is 16.9 Å². The Morgan fingerprint density at radius 3 is 1.82 bits per heavy atom. The number of hydrogen-bond donors (Lipinski definition) is 0. The van der Waals surface area contributed by atoms with Crippen molar-refractivity contribution >= 4 is 28.1 Å². The fourth-order valence-electron chi connectivity index (χ4n) is 2.64. The van der Waals surface area contributed by atoms with E-state index in [9.17, 15) is 4.79 Å². The van der Waals surface area contributed by atoms with Crippen molar-refractivity contribution in [2.75, 3.05) is 5.75 Å². The lowest BCUT2D eigenvalue weighted by Gasteiger charge is -2.09. The lowest BCUT2D eigenvalue weighted by molar-refractivity contribution is 0.102. The van der Waals surface area contributed by atoms with Crippen LogP contribution in [0.5, 0.6) is 0 Å². The summed E-state index contributed by atoms with van der Waals surface area (Å²) >= 11 is 0. The molecule has 0 radical (unpaired) electrons. The maximum absolute atomic E-state index is 12.9. The molecule has 0 aliphatic carbocycles. The van der Waals surface area contributed by atoms with Crippen molar-refractivity contribution < 1.29 is 4.79 Å². The van der Waals surface area contributed by atoms with Crippen LogP contribution < -0.4 is 0 Å². The van der Waals surface area contributed by atoms with Crippen molar-refractivity contribution in [2.45, 2.75) is 9.79 Å². The van der Waals surface area contributed by atoms with Crippen molar-refractivity contribution in [3.05, 3.63) is 105 Å². The Labute approximate surface area is 164 Å². The quantitative estimate of drug-likeness (QED) is 0.149. The lowest BCUT2D eigenvalue weighted by atomic mass is 10.2. The Kier molecular flexibility index (Phi) is 6.33. The van der Waals surface area contributed by atoms with Gasteiger partial charge in [-0.05, 0) is 23.2 Å². The SMILES string of the molecule is [N-]=[N+]=Nc1cccc([S+](CC(=O)c2ccccc2)c2cccc(N=[N+]=[N-])c2)c1. The van der Waals surface area contributed by atoms with E-state index >= 15 is 0 Å². The largest absolute Gasteiger partial charge is 0.289 e. The molecule has 3 aromatic carbocycles. The Morgan fingerprint density at radius 1 is 0.786 bits per heavy atom. The second-order valence-corrected chi connectivity index (χ2v) is 7.71. The molecule has 0 aromatic heterocycles. The summed E-state index contributed by atoms with van der Waals surface area (Å²) in [6, 6.07) is 23.5. The highest BCUT2D eigenvalue weighted by Crippen LogP contribution is 2.30. The molecule has 28 heavy (non-hydrogen) atoms. The predicted octanol–water partition coefficient (Wildman–Crippen LogP) is 6.49. The third-order valence-electron chi connectivity index (χ3n) is 3.90. The maximum Gasteiger partial charge on any atom is 0.212 e. The molecule has 0 aliphatic rings. The number of azide groups is 2. The molecule has 0 atom stereocenters. The Bertz CT molecular complexity index is 1030. The summed E-state index contributed by atoms with van der Waals surface area (Å²) in [6.07, 6.45) is 0. The summed E-state index contributed by atoms with van der Waals surface area (Å²) in [5.41, 5.74) is 19.0. The second-order valence-electron chi connectivity index (χ2n) is 5.70. The van der Waals surface area contributed by atoms with Gasteiger partial charge in [-0.1, -0.05) is 64.8 Å². The van der Waals surface area contributed by atoms with Crippen LogP contribution in [0.3, 0.4) is 0 Å². The molecule has 0 fully saturated rings. The smallest absolute Gasteiger partial charge is 0.212 e. The van der Waals surface area contributed by atoms with Gasteiger partial charge in [-0.15, -0.1) is 0 Å². The molecule has 3 aromatic rings. The zero-order valence-corrected chi connectivity index (χ0v) is 15.5. The van der Waals surface area contributed by atoms with Crippen LogP contribution in [0.1, 0.15) is 10.4 Å². The number of carbonyl (C=O) groups excluding carboxylic acids is 1. The van der Waals surface area contributed by atoms with Gasteiger partial charge in [0.2, 0.25) is 5.78 Å². The normalized spacial score (nSPS) is 11.0. The van der Waals surface area contributed by atoms with Crippen molar-refractivity contribution in [1.82, 2.24) is 0 Å².